The van der Waals surface area contributed by atoms with Crippen LogP contribution in [0.2, 0.25) is 0 Å². The van der Waals surface area contributed by atoms with Crippen LogP contribution in [0.5, 0.6) is 17.4 Å². The molecule has 2 aliphatic heterocycles. The monoisotopic (exact) mass is 474 g/mol. The van der Waals surface area contributed by atoms with E-state index in [0.29, 0.717) is 37.8 Å². The van der Waals surface area contributed by atoms with Crippen molar-refractivity contribution < 1.29 is 27.4 Å². The number of likely N-dealkylation sites (tertiary alicyclic amines) is 2. The molecular formula is C22H21F3N6O3. The molecule has 2 aliphatic rings. The number of ether oxygens (including phenoxy) is 2. The lowest BCUT2D eigenvalue weighted by atomic mass is 9.93. The number of hydrogen-bond donors (Lipinski definition) is 0. The maximum atomic E-state index is 12.8. The quantitative estimate of drug-likeness (QED) is 0.559. The summed E-state index contributed by atoms with van der Waals surface area (Å²) in [4.78, 5) is 20.8. The predicted octanol–water partition coefficient (Wildman–Crippen LogP) is 3.83. The third kappa shape index (κ3) is 4.90. The van der Waals surface area contributed by atoms with Gasteiger partial charge < -0.3 is 23.8 Å². The number of rotatable bonds is 5. The van der Waals surface area contributed by atoms with Crippen LogP contribution < -0.4 is 9.47 Å². The minimum Gasteiger partial charge on any atom is -0.439 e. The first-order valence-electron chi connectivity index (χ1n) is 10.7. The molecule has 5 rings (SSSR count). The third-order valence-corrected chi connectivity index (χ3v) is 5.95. The molecule has 0 unspecified atom stereocenters. The molecular weight excluding hydrogens is 453 g/mol. The molecule has 0 bridgehead atoms. The highest BCUT2D eigenvalue weighted by molar-refractivity contribution is 5.76. The lowest BCUT2D eigenvalue weighted by Crippen LogP contribution is -2.53. The SMILES string of the molecule is O=C(N1CC(c2ccc(Oc3ccc(OC(F)(F)F)cc3)nc2)C1)N1CC[C@@H](n2cnnc2)C1. The molecule has 2 fully saturated rings. The summed E-state index contributed by atoms with van der Waals surface area (Å²) in [6.07, 6.45) is 1.19. The summed E-state index contributed by atoms with van der Waals surface area (Å²) in [5.74, 6) is 0.527. The Morgan fingerprint density at radius 2 is 1.65 bits per heavy atom. The molecule has 2 saturated heterocycles. The Morgan fingerprint density at radius 3 is 2.29 bits per heavy atom. The van der Waals surface area contributed by atoms with Gasteiger partial charge >= 0.3 is 12.4 Å². The molecule has 0 aliphatic carbocycles. The molecule has 4 heterocycles. The summed E-state index contributed by atoms with van der Waals surface area (Å²) in [6, 6.07) is 8.92. The van der Waals surface area contributed by atoms with Crippen LogP contribution in [0.15, 0.2) is 55.2 Å². The number of carbonyl (C=O) groups excluding carboxylic acids is 1. The number of aromatic nitrogens is 4. The maximum absolute atomic E-state index is 12.8. The number of halogens is 3. The average molecular weight is 474 g/mol. The first-order valence-corrected chi connectivity index (χ1v) is 10.7. The first kappa shape index (κ1) is 22.0. The standard InChI is InChI=1S/C22H21F3N6O3/c23-22(24,25)34-19-4-2-18(3-5-19)33-20-6-1-15(9-26-20)16-10-30(11-16)21(32)29-8-7-17(12-29)31-13-27-28-14-31/h1-6,9,13-14,16-17H,7-8,10-12H2/t17-/m1/s1. The maximum Gasteiger partial charge on any atom is 0.573 e. The highest BCUT2D eigenvalue weighted by atomic mass is 19.4. The molecule has 0 spiro atoms. The molecule has 2 aromatic heterocycles. The molecule has 178 valence electrons. The lowest BCUT2D eigenvalue weighted by molar-refractivity contribution is -0.274. The van der Waals surface area contributed by atoms with Crippen LogP contribution in [0.25, 0.3) is 0 Å². The van der Waals surface area contributed by atoms with Gasteiger partial charge in [0.05, 0.1) is 6.04 Å². The second-order valence-electron chi connectivity index (χ2n) is 8.23. The van der Waals surface area contributed by atoms with Crippen LogP contribution in [-0.2, 0) is 0 Å². The van der Waals surface area contributed by atoms with Crippen molar-refractivity contribution in [3.8, 4) is 17.4 Å². The zero-order valence-electron chi connectivity index (χ0n) is 17.9. The molecule has 0 radical (unpaired) electrons. The van der Waals surface area contributed by atoms with E-state index in [4.69, 9.17) is 4.74 Å². The third-order valence-electron chi connectivity index (χ3n) is 5.95. The molecule has 9 nitrogen and oxygen atoms in total. The molecule has 3 aromatic rings. The Kier molecular flexibility index (Phi) is 5.72. The number of alkyl halides is 3. The van der Waals surface area contributed by atoms with Gasteiger partial charge in [0.1, 0.15) is 24.2 Å². The molecule has 0 saturated carbocycles. The Labute approximate surface area is 192 Å². The molecule has 1 aromatic carbocycles. The largest absolute Gasteiger partial charge is 0.573 e. The summed E-state index contributed by atoms with van der Waals surface area (Å²) in [5, 5.41) is 7.66. The van der Waals surface area contributed by atoms with Crippen molar-refractivity contribution in [1.29, 1.82) is 0 Å². The van der Waals surface area contributed by atoms with Crippen molar-refractivity contribution in [2.24, 2.45) is 0 Å². The zero-order valence-corrected chi connectivity index (χ0v) is 17.9. The van der Waals surface area contributed by atoms with Crippen LogP contribution in [0.4, 0.5) is 18.0 Å². The fourth-order valence-corrected chi connectivity index (χ4v) is 4.13. The number of pyridine rings is 1. The van der Waals surface area contributed by atoms with Gasteiger partial charge in [-0.15, -0.1) is 23.4 Å². The first-order chi connectivity index (χ1) is 16.3. The van der Waals surface area contributed by atoms with Crippen molar-refractivity contribution in [1.82, 2.24) is 29.5 Å². The Morgan fingerprint density at radius 1 is 0.941 bits per heavy atom. The number of hydrogen-bond acceptors (Lipinski definition) is 6. The van der Waals surface area contributed by atoms with E-state index in [1.54, 1.807) is 24.9 Å². The smallest absolute Gasteiger partial charge is 0.439 e. The van der Waals surface area contributed by atoms with Crippen LogP contribution in [-0.4, -0.2) is 68.1 Å². The number of urea groups is 1. The Hall–Kier alpha value is -3.83. The number of amides is 2. The normalized spacial score (nSPS) is 18.6. The highest BCUT2D eigenvalue weighted by Crippen LogP contribution is 2.31. The van der Waals surface area contributed by atoms with E-state index in [2.05, 4.69) is 19.9 Å². The molecule has 1 atom stereocenters. The summed E-state index contributed by atoms with van der Waals surface area (Å²) >= 11 is 0. The van der Waals surface area contributed by atoms with Crippen molar-refractivity contribution in [3.05, 3.63) is 60.8 Å². The van der Waals surface area contributed by atoms with E-state index in [9.17, 15) is 18.0 Å². The van der Waals surface area contributed by atoms with Crippen LogP contribution in [0.3, 0.4) is 0 Å². The molecule has 0 N–H and O–H groups in total. The van der Waals surface area contributed by atoms with E-state index in [-0.39, 0.29) is 23.7 Å². The van der Waals surface area contributed by atoms with Gasteiger partial charge in [0, 0.05) is 44.4 Å². The van der Waals surface area contributed by atoms with E-state index >= 15 is 0 Å². The number of nitrogens with zero attached hydrogens (tertiary/aromatic N) is 6. The van der Waals surface area contributed by atoms with Crippen molar-refractivity contribution in [2.45, 2.75) is 24.7 Å². The minimum atomic E-state index is -4.74. The minimum absolute atomic E-state index is 0.0395. The van der Waals surface area contributed by atoms with E-state index in [1.165, 1.54) is 24.3 Å². The van der Waals surface area contributed by atoms with Gasteiger partial charge in [-0.05, 0) is 36.2 Å². The Balaban J connectivity index is 1.10. The van der Waals surface area contributed by atoms with Crippen molar-refractivity contribution >= 4 is 6.03 Å². The van der Waals surface area contributed by atoms with Gasteiger partial charge in [0.25, 0.3) is 0 Å². The molecule has 34 heavy (non-hydrogen) atoms. The average Bonchev–Trinajstić information content (AvgIpc) is 3.46. The zero-order chi connectivity index (χ0) is 23.7. The summed E-state index contributed by atoms with van der Waals surface area (Å²) < 4.78 is 48.1. The van der Waals surface area contributed by atoms with E-state index < -0.39 is 6.36 Å². The van der Waals surface area contributed by atoms with E-state index in [1.807, 2.05) is 20.4 Å². The fraction of sp³-hybridized carbons (Fsp3) is 0.364. The molecule has 2 amide bonds. The van der Waals surface area contributed by atoms with Gasteiger partial charge in [-0.1, -0.05) is 6.07 Å². The lowest BCUT2D eigenvalue weighted by Gasteiger charge is -2.41. The summed E-state index contributed by atoms with van der Waals surface area (Å²) in [5.41, 5.74) is 0.995. The summed E-state index contributed by atoms with van der Waals surface area (Å²) in [6.45, 7) is 2.60. The van der Waals surface area contributed by atoms with E-state index in [0.717, 1.165) is 12.0 Å². The molecule has 12 heteroatoms. The second-order valence-corrected chi connectivity index (χ2v) is 8.23. The van der Waals surface area contributed by atoms with Crippen LogP contribution in [0.1, 0.15) is 23.9 Å². The van der Waals surface area contributed by atoms with Crippen LogP contribution in [0, 0.1) is 0 Å². The van der Waals surface area contributed by atoms with Crippen molar-refractivity contribution in [2.75, 3.05) is 26.2 Å². The van der Waals surface area contributed by atoms with Crippen molar-refractivity contribution in [3.63, 3.8) is 0 Å². The highest BCUT2D eigenvalue weighted by Gasteiger charge is 2.37. The number of carbonyl (C=O) groups is 1. The summed E-state index contributed by atoms with van der Waals surface area (Å²) in [7, 11) is 0. The fourth-order valence-electron chi connectivity index (χ4n) is 4.13. The Bertz CT molecular complexity index is 1120. The van der Waals surface area contributed by atoms with Gasteiger partial charge in [0.2, 0.25) is 5.88 Å². The van der Waals surface area contributed by atoms with Crippen LogP contribution >= 0.6 is 0 Å². The predicted molar refractivity (Wildman–Crippen MR) is 112 cm³/mol. The van der Waals surface area contributed by atoms with Gasteiger partial charge in [-0.3, -0.25) is 0 Å². The topological polar surface area (TPSA) is 85.6 Å². The van der Waals surface area contributed by atoms with Gasteiger partial charge in [-0.2, -0.15) is 0 Å². The second kappa shape index (κ2) is 8.84. The van der Waals surface area contributed by atoms with Gasteiger partial charge in [0.15, 0.2) is 0 Å². The number of benzene rings is 1. The van der Waals surface area contributed by atoms with Gasteiger partial charge in [-0.25, -0.2) is 9.78 Å².